The molecule has 1 aromatic heterocycles. The van der Waals surface area contributed by atoms with Crippen molar-refractivity contribution in [2.24, 2.45) is 11.3 Å². The van der Waals surface area contributed by atoms with Crippen molar-refractivity contribution in [3.8, 4) is 0 Å². The van der Waals surface area contributed by atoms with Gasteiger partial charge in [-0.3, -0.25) is 4.79 Å². The van der Waals surface area contributed by atoms with Gasteiger partial charge >= 0.3 is 0 Å². The summed E-state index contributed by atoms with van der Waals surface area (Å²) in [7, 11) is 0. The molecule has 2 rings (SSSR count). The van der Waals surface area contributed by atoms with Gasteiger partial charge in [-0.1, -0.05) is 13.8 Å². The van der Waals surface area contributed by atoms with Crippen LogP contribution >= 0.6 is 11.3 Å². The van der Waals surface area contributed by atoms with Gasteiger partial charge in [-0.2, -0.15) is 11.3 Å². The highest BCUT2D eigenvalue weighted by Crippen LogP contribution is 2.32. The van der Waals surface area contributed by atoms with Crippen molar-refractivity contribution in [1.82, 2.24) is 10.6 Å². The summed E-state index contributed by atoms with van der Waals surface area (Å²) >= 11 is 1.67. The van der Waals surface area contributed by atoms with Crippen LogP contribution in [-0.4, -0.2) is 19.0 Å². The first kappa shape index (κ1) is 14.5. The van der Waals surface area contributed by atoms with Crippen molar-refractivity contribution in [3.63, 3.8) is 0 Å². The van der Waals surface area contributed by atoms with Crippen molar-refractivity contribution in [2.75, 3.05) is 13.1 Å². The summed E-state index contributed by atoms with van der Waals surface area (Å²) in [6.45, 7) is 8.22. The number of amides is 1. The molecule has 0 aliphatic carbocycles. The minimum atomic E-state index is -0.308. The molecule has 4 heteroatoms. The van der Waals surface area contributed by atoms with Gasteiger partial charge in [0, 0.05) is 5.41 Å². The Kier molecular flexibility index (Phi) is 4.63. The van der Waals surface area contributed by atoms with E-state index in [1.165, 1.54) is 12.0 Å². The highest BCUT2D eigenvalue weighted by Gasteiger charge is 2.37. The summed E-state index contributed by atoms with van der Waals surface area (Å²) in [6, 6.07) is 2.17. The maximum atomic E-state index is 12.5. The Morgan fingerprint density at radius 2 is 2.37 bits per heavy atom. The van der Waals surface area contributed by atoms with Gasteiger partial charge in [0.15, 0.2) is 0 Å². The molecular formula is C15H24N2OS. The molecular weight excluding hydrogens is 256 g/mol. The smallest absolute Gasteiger partial charge is 0.226 e. The van der Waals surface area contributed by atoms with E-state index in [-0.39, 0.29) is 17.4 Å². The Hall–Kier alpha value is -0.870. The molecule has 19 heavy (non-hydrogen) atoms. The quantitative estimate of drug-likeness (QED) is 0.890. The van der Waals surface area contributed by atoms with E-state index in [0.717, 1.165) is 19.5 Å². The average Bonchev–Trinajstić information content (AvgIpc) is 2.93. The highest BCUT2D eigenvalue weighted by atomic mass is 32.1. The van der Waals surface area contributed by atoms with Crippen LogP contribution in [0.5, 0.6) is 0 Å². The predicted molar refractivity (Wildman–Crippen MR) is 80.3 cm³/mol. The Bertz CT molecular complexity index is 408. The van der Waals surface area contributed by atoms with Gasteiger partial charge in [0.2, 0.25) is 5.91 Å². The summed E-state index contributed by atoms with van der Waals surface area (Å²) in [5.74, 6) is 0.593. The van der Waals surface area contributed by atoms with E-state index in [1.54, 1.807) is 11.3 Å². The standard InChI is InChI=1S/C15H24N2OS/c1-11(12-6-8-19-10-12)17-14(18)15(2,3)13-5-4-7-16-9-13/h6,8,10-11,13,16H,4-5,7,9H2,1-3H3,(H,17,18). The Labute approximate surface area is 119 Å². The monoisotopic (exact) mass is 280 g/mol. The van der Waals surface area contributed by atoms with Crippen LogP contribution in [-0.2, 0) is 4.79 Å². The molecule has 2 N–H and O–H groups in total. The third-order valence-electron chi connectivity index (χ3n) is 4.29. The van der Waals surface area contributed by atoms with E-state index >= 15 is 0 Å². The fourth-order valence-electron chi connectivity index (χ4n) is 2.64. The zero-order valence-electron chi connectivity index (χ0n) is 12.0. The fraction of sp³-hybridized carbons (Fsp3) is 0.667. The number of hydrogen-bond acceptors (Lipinski definition) is 3. The third-order valence-corrected chi connectivity index (χ3v) is 4.99. The van der Waals surface area contributed by atoms with Gasteiger partial charge in [0.25, 0.3) is 0 Å². The molecule has 0 spiro atoms. The van der Waals surface area contributed by atoms with E-state index in [2.05, 4.69) is 42.9 Å². The van der Waals surface area contributed by atoms with Gasteiger partial charge in [-0.25, -0.2) is 0 Å². The summed E-state index contributed by atoms with van der Waals surface area (Å²) < 4.78 is 0. The van der Waals surface area contributed by atoms with Crippen LogP contribution < -0.4 is 10.6 Å². The predicted octanol–water partition coefficient (Wildman–Crippen LogP) is 2.95. The summed E-state index contributed by atoms with van der Waals surface area (Å²) in [6.07, 6.45) is 2.31. The van der Waals surface area contributed by atoms with E-state index in [0.29, 0.717) is 5.92 Å². The Morgan fingerprint density at radius 3 is 2.95 bits per heavy atom. The lowest BCUT2D eigenvalue weighted by molar-refractivity contribution is -0.133. The molecule has 1 aromatic rings. The molecule has 2 atom stereocenters. The van der Waals surface area contributed by atoms with Crippen LogP contribution in [0.2, 0.25) is 0 Å². The van der Waals surface area contributed by atoms with E-state index in [1.807, 2.05) is 5.38 Å². The van der Waals surface area contributed by atoms with Crippen molar-refractivity contribution in [3.05, 3.63) is 22.4 Å². The fourth-order valence-corrected chi connectivity index (χ4v) is 3.39. The van der Waals surface area contributed by atoms with Crippen LogP contribution in [0.3, 0.4) is 0 Å². The van der Waals surface area contributed by atoms with E-state index in [9.17, 15) is 4.79 Å². The second-order valence-electron chi connectivity index (χ2n) is 6.02. The zero-order chi connectivity index (χ0) is 13.9. The minimum Gasteiger partial charge on any atom is -0.349 e. The molecule has 2 heterocycles. The molecule has 1 amide bonds. The van der Waals surface area contributed by atoms with Gasteiger partial charge in [0.05, 0.1) is 6.04 Å². The molecule has 2 unspecified atom stereocenters. The Balaban J connectivity index is 1.97. The molecule has 0 bridgehead atoms. The van der Waals surface area contributed by atoms with Gasteiger partial charge in [-0.05, 0) is 61.2 Å². The molecule has 1 aliphatic heterocycles. The second-order valence-corrected chi connectivity index (χ2v) is 6.80. The van der Waals surface area contributed by atoms with E-state index < -0.39 is 0 Å². The van der Waals surface area contributed by atoms with Crippen LogP contribution in [0, 0.1) is 11.3 Å². The first-order valence-corrected chi connectivity index (χ1v) is 8.00. The van der Waals surface area contributed by atoms with Gasteiger partial charge < -0.3 is 10.6 Å². The minimum absolute atomic E-state index is 0.0922. The maximum Gasteiger partial charge on any atom is 0.226 e. The Morgan fingerprint density at radius 1 is 1.58 bits per heavy atom. The van der Waals surface area contributed by atoms with Crippen molar-refractivity contribution < 1.29 is 4.79 Å². The summed E-state index contributed by atoms with van der Waals surface area (Å²) in [4.78, 5) is 12.5. The van der Waals surface area contributed by atoms with E-state index in [4.69, 9.17) is 0 Å². The number of piperidine rings is 1. The molecule has 3 nitrogen and oxygen atoms in total. The first-order valence-electron chi connectivity index (χ1n) is 7.05. The number of carbonyl (C=O) groups excluding carboxylic acids is 1. The lowest BCUT2D eigenvalue weighted by atomic mass is 9.74. The largest absolute Gasteiger partial charge is 0.349 e. The lowest BCUT2D eigenvalue weighted by Crippen LogP contribution is -2.47. The summed E-state index contributed by atoms with van der Waals surface area (Å²) in [5.41, 5.74) is 0.883. The summed E-state index contributed by atoms with van der Waals surface area (Å²) in [5, 5.41) is 10.7. The number of rotatable bonds is 4. The van der Waals surface area contributed by atoms with Crippen molar-refractivity contribution >= 4 is 17.2 Å². The first-order chi connectivity index (χ1) is 9.01. The van der Waals surface area contributed by atoms with Crippen LogP contribution in [0.25, 0.3) is 0 Å². The number of nitrogens with one attached hydrogen (secondary N) is 2. The van der Waals surface area contributed by atoms with Gasteiger partial charge in [0.1, 0.15) is 0 Å². The molecule has 0 saturated carbocycles. The second kappa shape index (κ2) is 6.06. The normalized spacial score (nSPS) is 21.9. The van der Waals surface area contributed by atoms with Crippen LogP contribution in [0.4, 0.5) is 0 Å². The SMILES string of the molecule is CC(NC(=O)C(C)(C)C1CCCNC1)c1ccsc1. The maximum absolute atomic E-state index is 12.5. The average molecular weight is 280 g/mol. The topological polar surface area (TPSA) is 41.1 Å². The molecule has 0 aromatic carbocycles. The number of thiophene rings is 1. The third kappa shape index (κ3) is 3.37. The molecule has 1 aliphatic rings. The molecule has 1 fully saturated rings. The van der Waals surface area contributed by atoms with Crippen LogP contribution in [0.15, 0.2) is 16.8 Å². The molecule has 106 valence electrons. The zero-order valence-corrected chi connectivity index (χ0v) is 12.8. The highest BCUT2D eigenvalue weighted by molar-refractivity contribution is 7.07. The van der Waals surface area contributed by atoms with Gasteiger partial charge in [-0.15, -0.1) is 0 Å². The molecule has 0 radical (unpaired) electrons. The van der Waals surface area contributed by atoms with Crippen molar-refractivity contribution in [1.29, 1.82) is 0 Å². The molecule has 1 saturated heterocycles. The number of hydrogen-bond donors (Lipinski definition) is 2. The lowest BCUT2D eigenvalue weighted by Gasteiger charge is -2.36. The van der Waals surface area contributed by atoms with Crippen LogP contribution in [0.1, 0.15) is 45.2 Å². The number of carbonyl (C=O) groups is 1. The van der Waals surface area contributed by atoms with Crippen molar-refractivity contribution in [2.45, 2.75) is 39.7 Å².